The van der Waals surface area contributed by atoms with Gasteiger partial charge in [-0.25, -0.2) is 11.6 Å². The molecule has 0 aliphatic carbocycles. The Labute approximate surface area is 185 Å². The summed E-state index contributed by atoms with van der Waals surface area (Å²) in [6.07, 6.45) is 1.78. The molecular weight excluding hydrogens is 481 g/mol. The van der Waals surface area contributed by atoms with Gasteiger partial charge in [-0.2, -0.15) is 6.42 Å². The van der Waals surface area contributed by atoms with Crippen LogP contribution in [0.2, 0.25) is 0 Å². The van der Waals surface area contributed by atoms with Crippen LogP contribution in [0.4, 0.5) is 0 Å². The zero-order valence-corrected chi connectivity index (χ0v) is 21.0. The van der Waals surface area contributed by atoms with E-state index in [-0.39, 0.29) is 65.4 Å². The summed E-state index contributed by atoms with van der Waals surface area (Å²) < 4.78 is 2.92. The molecule has 0 amide bonds. The van der Waals surface area contributed by atoms with Gasteiger partial charge in [-0.3, -0.25) is 11.3 Å². The molecule has 0 nitrogen and oxygen atoms in total. The smallest absolute Gasteiger partial charge is 0 e. The van der Waals surface area contributed by atoms with E-state index in [1.54, 1.807) is 11.3 Å². The molecule has 0 spiro atoms. The predicted octanol–water partition coefficient (Wildman–Crippen LogP) is 4.07. The molecule has 0 aliphatic rings. The van der Waals surface area contributed by atoms with Crippen molar-refractivity contribution >= 4 is 25.8 Å². The van der Waals surface area contributed by atoms with Gasteiger partial charge in [0.05, 0.1) is 0 Å². The monoisotopic (exact) mass is 502 g/mol. The summed E-state index contributed by atoms with van der Waals surface area (Å²) in [5, 5.41) is 0. The second kappa shape index (κ2) is 12.3. The van der Waals surface area contributed by atoms with E-state index in [9.17, 15) is 0 Å². The van der Waals surface area contributed by atoms with Gasteiger partial charge in [-0.05, 0) is 6.92 Å². The minimum absolute atomic E-state index is 0. The molecule has 0 saturated carbocycles. The van der Waals surface area contributed by atoms with Crippen LogP contribution in [0.15, 0.2) is 0 Å². The van der Waals surface area contributed by atoms with Crippen molar-refractivity contribution in [3.63, 3.8) is 0 Å². The van der Waals surface area contributed by atoms with Crippen LogP contribution in [-0.4, -0.2) is 14.5 Å². The third-order valence-corrected chi connectivity index (χ3v) is 5.59. The fourth-order valence-electron chi connectivity index (χ4n) is 1.71. The van der Waals surface area contributed by atoms with E-state index in [2.05, 4.69) is 53.7 Å². The maximum Gasteiger partial charge on any atom is 0 e. The predicted molar refractivity (Wildman–Crippen MR) is 82.4 cm³/mol. The van der Waals surface area contributed by atoms with E-state index >= 15 is 0 Å². The number of rotatable bonds is 2. The molecule has 0 aromatic carbocycles. The molecule has 0 atom stereocenters. The van der Waals surface area contributed by atoms with Gasteiger partial charge in [0.2, 0.25) is 0 Å². The Morgan fingerprint density at radius 1 is 0.950 bits per heavy atom. The van der Waals surface area contributed by atoms with Gasteiger partial charge in [0.1, 0.15) is 0 Å². The Morgan fingerprint density at radius 3 is 1.70 bits per heavy atom. The fraction of sp³-hybridized carbons (Fsp3) is 0.375. The van der Waals surface area contributed by atoms with Crippen molar-refractivity contribution in [2.75, 3.05) is 0 Å². The van der Waals surface area contributed by atoms with E-state index in [4.69, 9.17) is 0 Å². The number of thiophene rings is 1. The first-order valence-corrected chi connectivity index (χ1v) is 8.55. The molecule has 20 heavy (non-hydrogen) atoms. The summed E-state index contributed by atoms with van der Waals surface area (Å²) in [7, 11) is 0. The third-order valence-electron chi connectivity index (χ3n) is 2.62. The standard InChI is InChI=1S/C8H10S.C8H10Se.2Y/c2*1-4-8-5-6(2)9-7(8)3;;/h2*1,4H2,2-3H3;;/q2*-2;;. The molecule has 2 rings (SSSR count). The van der Waals surface area contributed by atoms with E-state index in [0.29, 0.717) is 14.5 Å². The van der Waals surface area contributed by atoms with Gasteiger partial charge < -0.3 is 6.92 Å². The van der Waals surface area contributed by atoms with Gasteiger partial charge in [-0.1, -0.05) is 6.92 Å². The summed E-state index contributed by atoms with van der Waals surface area (Å²) >= 11 is 2.40. The zero-order chi connectivity index (χ0) is 13.7. The van der Waals surface area contributed by atoms with E-state index in [0.717, 1.165) is 12.8 Å². The minimum atomic E-state index is 0. The molecule has 0 N–H and O–H groups in total. The van der Waals surface area contributed by atoms with Crippen LogP contribution in [0.1, 0.15) is 29.8 Å². The van der Waals surface area contributed by atoms with E-state index in [1.165, 1.54) is 29.8 Å². The summed E-state index contributed by atoms with van der Waals surface area (Å²) in [6.45, 7) is 16.2. The van der Waals surface area contributed by atoms with Crippen molar-refractivity contribution in [2.45, 2.75) is 40.5 Å². The molecule has 2 aromatic heterocycles. The van der Waals surface area contributed by atoms with E-state index in [1.807, 2.05) is 0 Å². The summed E-state index contributed by atoms with van der Waals surface area (Å²) in [6, 6.07) is 6.56. The molecule has 4 heteroatoms. The molecule has 0 aliphatic heterocycles. The second-order valence-electron chi connectivity index (χ2n) is 4.14. The van der Waals surface area contributed by atoms with Gasteiger partial charge in [0.25, 0.3) is 0 Å². The SMILES string of the molecule is [CH2-]Cc1[c-]c(C)[se]c1C.[CH2-]Cc1[c-]c(C)sc1C.[Y].[Y]. The molecular formula is C16H20SSeY2-4. The van der Waals surface area contributed by atoms with Crippen LogP contribution >= 0.6 is 11.3 Å². The Morgan fingerprint density at radius 2 is 1.50 bits per heavy atom. The summed E-state index contributed by atoms with van der Waals surface area (Å²) in [5.74, 6) is 0. The van der Waals surface area contributed by atoms with Crippen LogP contribution in [0, 0.1) is 53.7 Å². The topological polar surface area (TPSA) is 0 Å². The van der Waals surface area contributed by atoms with E-state index < -0.39 is 0 Å². The number of hydrogen-bond donors (Lipinski definition) is 0. The molecule has 2 radical (unpaired) electrons. The maximum absolute atomic E-state index is 3.83. The average Bonchev–Trinajstić information content (AvgIpc) is 2.81. The average molecular weight is 501 g/mol. The van der Waals surface area contributed by atoms with Gasteiger partial charge in [0, 0.05) is 65.4 Å². The number of aryl methyl sites for hydroxylation is 4. The van der Waals surface area contributed by atoms with Gasteiger partial charge >= 0.3 is 62.2 Å². The fourth-order valence-corrected chi connectivity index (χ4v) is 4.53. The van der Waals surface area contributed by atoms with Crippen molar-refractivity contribution < 1.29 is 65.4 Å². The first-order valence-electron chi connectivity index (χ1n) is 6.02. The number of hydrogen-bond acceptors (Lipinski definition) is 1. The Balaban J connectivity index is 0. The maximum atomic E-state index is 3.83. The van der Waals surface area contributed by atoms with Crippen molar-refractivity contribution in [2.24, 2.45) is 0 Å². The largest absolute Gasteiger partial charge is 0.342 e. The summed E-state index contributed by atoms with van der Waals surface area (Å²) in [4.78, 5) is 2.63. The molecule has 0 bridgehead atoms. The second-order valence-corrected chi connectivity index (χ2v) is 8.56. The van der Waals surface area contributed by atoms with Crippen LogP contribution in [0.3, 0.4) is 0 Å². The van der Waals surface area contributed by atoms with Crippen LogP contribution in [0.25, 0.3) is 0 Å². The molecule has 2 heterocycles. The van der Waals surface area contributed by atoms with Crippen molar-refractivity contribution in [3.8, 4) is 0 Å². The molecule has 0 fully saturated rings. The van der Waals surface area contributed by atoms with Gasteiger partial charge in [-0.15, -0.1) is 9.75 Å². The van der Waals surface area contributed by atoms with Crippen molar-refractivity contribution in [1.82, 2.24) is 0 Å². The molecule has 2 aromatic rings. The normalized spacial score (nSPS) is 9.10. The Hall–Kier alpha value is 1.91. The third kappa shape index (κ3) is 7.96. The Bertz CT molecular complexity index is 454. The quantitative estimate of drug-likeness (QED) is 0.430. The van der Waals surface area contributed by atoms with Crippen molar-refractivity contribution in [1.29, 1.82) is 0 Å². The van der Waals surface area contributed by atoms with Crippen LogP contribution in [-0.2, 0) is 78.3 Å². The van der Waals surface area contributed by atoms with Crippen LogP contribution < -0.4 is 0 Å². The molecule has 0 unspecified atom stereocenters. The Kier molecular flexibility index (Phi) is 14.9. The van der Waals surface area contributed by atoms with Crippen LogP contribution in [0.5, 0.6) is 0 Å². The minimum Gasteiger partial charge on any atom is -0.342 e. The van der Waals surface area contributed by atoms with Gasteiger partial charge in [0.15, 0.2) is 0 Å². The van der Waals surface area contributed by atoms with Crippen molar-refractivity contribution in [3.05, 3.63) is 55.7 Å². The zero-order valence-electron chi connectivity index (χ0n) is 12.8. The first kappa shape index (κ1) is 24.2. The molecule has 0 saturated heterocycles. The summed E-state index contributed by atoms with van der Waals surface area (Å²) in [5.41, 5.74) is 2.62. The molecule has 106 valence electrons. The first-order chi connectivity index (χ1) is 8.47.